The van der Waals surface area contributed by atoms with Crippen molar-refractivity contribution in [2.45, 2.75) is 127 Å². The molecule has 0 aliphatic heterocycles. The third kappa shape index (κ3) is 9.60. The number of halogens is 2. The van der Waals surface area contributed by atoms with Crippen LogP contribution in [-0.2, 0) is 68.6 Å². The summed E-state index contributed by atoms with van der Waals surface area (Å²) in [4.78, 5) is 12.4. The van der Waals surface area contributed by atoms with Crippen molar-refractivity contribution in [2.24, 2.45) is 0 Å². The maximum absolute atomic E-state index is 15.3. The molecule has 0 bridgehead atoms. The maximum atomic E-state index is 15.3. The molecule has 6 aromatic rings. The molecule has 9 rings (SSSR count). The molecule has 70 heavy (non-hydrogen) atoms. The summed E-state index contributed by atoms with van der Waals surface area (Å²) in [5, 5.41) is -3.77. The molecule has 12 nitrogen and oxygen atoms in total. The number of pyridine rings is 3. The van der Waals surface area contributed by atoms with Crippen LogP contribution in [0.25, 0.3) is 33.4 Å². The van der Waals surface area contributed by atoms with Crippen LogP contribution in [0.15, 0.2) is 104 Å². The van der Waals surface area contributed by atoms with Crippen LogP contribution in [0, 0.1) is 25.6 Å². The minimum Gasteiger partial charge on any atom is -0.264 e. The lowest BCUT2D eigenvalue weighted by Crippen LogP contribution is -2.67. The number of hydrogen-bond acceptors (Lipinski definition) is 9. The highest BCUT2D eigenvalue weighted by atomic mass is 32.2. The Bertz CT molecular complexity index is 3210. The minimum atomic E-state index is -4.57. The number of fused-ring (bicyclic) bond motifs is 3. The van der Waals surface area contributed by atoms with Gasteiger partial charge in [-0.15, -0.1) is 0 Å². The van der Waals surface area contributed by atoms with Crippen LogP contribution in [-0.4, -0.2) is 88.9 Å². The van der Waals surface area contributed by atoms with E-state index in [1.807, 2.05) is 61.5 Å². The summed E-state index contributed by atoms with van der Waals surface area (Å²) < 4.78 is 127. The second-order valence-electron chi connectivity index (χ2n) is 19.7. The van der Waals surface area contributed by atoms with Crippen molar-refractivity contribution in [3.63, 3.8) is 0 Å². The summed E-state index contributed by atoms with van der Waals surface area (Å²) in [5.41, 5.74) is 10.4. The number of sulfonamides is 3. The van der Waals surface area contributed by atoms with E-state index in [-0.39, 0.29) is 32.1 Å². The van der Waals surface area contributed by atoms with E-state index in [1.165, 1.54) is 49.3 Å². The molecule has 0 amide bonds. The average molecular weight is 1010 g/mol. The lowest BCUT2D eigenvalue weighted by atomic mass is 10.0. The fourth-order valence-corrected chi connectivity index (χ4v) is 15.4. The third-order valence-electron chi connectivity index (χ3n) is 14.2. The molecule has 0 saturated heterocycles. The van der Waals surface area contributed by atoms with E-state index in [0.29, 0.717) is 34.4 Å². The van der Waals surface area contributed by atoms with Gasteiger partial charge in [0.1, 0.15) is 17.2 Å². The summed E-state index contributed by atoms with van der Waals surface area (Å²) in [6.07, 6.45) is 5.74. The highest BCUT2D eigenvalue weighted by Gasteiger charge is 2.54. The lowest BCUT2D eigenvalue weighted by Gasteiger charge is -2.46. The lowest BCUT2D eigenvalue weighted by molar-refractivity contribution is 0.112. The van der Waals surface area contributed by atoms with Gasteiger partial charge in [-0.3, -0.25) is 9.97 Å². The van der Waals surface area contributed by atoms with Crippen LogP contribution < -0.4 is 4.72 Å². The number of hydrogen-bond donors (Lipinski definition) is 1. The van der Waals surface area contributed by atoms with Gasteiger partial charge < -0.3 is 0 Å². The summed E-state index contributed by atoms with van der Waals surface area (Å²) in [6.45, 7) is 11.2. The molecule has 3 aliphatic carbocycles. The molecule has 1 N–H and O–H groups in total. The van der Waals surface area contributed by atoms with Gasteiger partial charge in [-0.2, -0.15) is 13.0 Å². The monoisotopic (exact) mass is 1010 g/mol. The van der Waals surface area contributed by atoms with Gasteiger partial charge in [0, 0.05) is 59.1 Å². The zero-order valence-electron chi connectivity index (χ0n) is 40.3. The van der Waals surface area contributed by atoms with Gasteiger partial charge in [0.05, 0.1) is 16.7 Å². The van der Waals surface area contributed by atoms with Crippen LogP contribution in [0.4, 0.5) is 8.78 Å². The molecule has 0 spiro atoms. The fraction of sp³-hybridized carbons (Fsp3) is 0.377. The number of aryl methyl sites for hydroxylation is 2. The van der Waals surface area contributed by atoms with Crippen molar-refractivity contribution in [3.8, 4) is 33.4 Å². The Kier molecular flexibility index (Phi) is 13.5. The summed E-state index contributed by atoms with van der Waals surface area (Å²) in [6, 6.07) is 21.3. The molecule has 3 heterocycles. The van der Waals surface area contributed by atoms with E-state index in [9.17, 15) is 4.39 Å². The molecule has 2 unspecified atom stereocenters. The molecule has 3 aromatic carbocycles. The summed E-state index contributed by atoms with van der Waals surface area (Å²) in [7, 11) is -13.5. The Morgan fingerprint density at radius 1 is 0.543 bits per heavy atom. The molecule has 3 aliphatic rings. The van der Waals surface area contributed by atoms with Crippen LogP contribution in [0.2, 0.25) is 0 Å². The standard InChI is InChI=1S/C53H58F2N6O6S3/c1-31(2)69(64,65)60(49-23-39-11-9-36(17-43(39)25-49)45-16-33(5)27-56-28-45)53(35(7)68(62,63)59-48-21-38-13-14-41(19-42(38)22-48)51-15-8-34(6)58-52(51)55)61(70(66,67)32(3)4)50-24-40-12-10-37(18-44(40)26-50)46-20-47(54)30-57-29-46/h8-20,27-32,35,48-50,53,59H,21-26H2,1-7H3/t35?,48-,49-,50-,53?/m0/s1. The SMILES string of the molecule is Cc1cncc(-c2ccc3c(c2)C[C@@H](N(C(C(C)S(=O)(=O)N[C@H]2Cc4ccc(-c5ccc(C)nc5F)cc4C2)N([C@H]2Cc4ccc(-c5cncc(F)c5)cc4C2)S(=O)(=O)C(C)C)S(=O)(=O)C(C)C)C3)c1. The Morgan fingerprint density at radius 3 is 1.54 bits per heavy atom. The second-order valence-corrected chi connectivity index (χ2v) is 26.6. The van der Waals surface area contributed by atoms with E-state index < -0.39 is 81.9 Å². The van der Waals surface area contributed by atoms with Crippen molar-refractivity contribution < 1.29 is 34.0 Å². The number of rotatable bonds is 15. The molecule has 17 heteroatoms. The smallest absolute Gasteiger partial charge is 0.220 e. The van der Waals surface area contributed by atoms with Gasteiger partial charge in [-0.25, -0.2) is 39.3 Å². The fourth-order valence-electron chi connectivity index (χ4n) is 10.5. The van der Waals surface area contributed by atoms with E-state index >= 15 is 29.6 Å². The number of aromatic nitrogens is 3. The van der Waals surface area contributed by atoms with Crippen molar-refractivity contribution in [1.29, 1.82) is 0 Å². The zero-order chi connectivity index (χ0) is 50.0. The van der Waals surface area contributed by atoms with Gasteiger partial charge >= 0.3 is 0 Å². The molecule has 3 aromatic heterocycles. The maximum Gasteiger partial charge on any atom is 0.220 e. The Hall–Kier alpha value is -5.30. The Morgan fingerprint density at radius 2 is 1.01 bits per heavy atom. The van der Waals surface area contributed by atoms with Gasteiger partial charge in [0.2, 0.25) is 36.0 Å². The topological polar surface area (TPSA) is 160 Å². The molecule has 0 radical (unpaired) electrons. The normalized spacial score (nSPS) is 19.0. The first-order chi connectivity index (χ1) is 33.1. The van der Waals surface area contributed by atoms with Crippen molar-refractivity contribution in [1.82, 2.24) is 28.3 Å². The summed E-state index contributed by atoms with van der Waals surface area (Å²) in [5.74, 6) is -1.12. The van der Waals surface area contributed by atoms with Gasteiger partial charge in [0.25, 0.3) is 0 Å². The quantitative estimate of drug-likeness (QED) is 0.0789. The van der Waals surface area contributed by atoms with Crippen LogP contribution in [0.1, 0.15) is 79.3 Å². The van der Waals surface area contributed by atoms with Crippen LogP contribution in [0.3, 0.4) is 0 Å². The first kappa shape index (κ1) is 49.7. The Labute approximate surface area is 410 Å². The van der Waals surface area contributed by atoms with Crippen LogP contribution in [0.5, 0.6) is 0 Å². The van der Waals surface area contributed by atoms with E-state index in [4.69, 9.17) is 0 Å². The minimum absolute atomic E-state index is 0.139. The average Bonchev–Trinajstić information content (AvgIpc) is 4.03. The van der Waals surface area contributed by atoms with E-state index in [2.05, 4.69) is 19.7 Å². The summed E-state index contributed by atoms with van der Waals surface area (Å²) >= 11 is 0. The van der Waals surface area contributed by atoms with E-state index in [1.54, 1.807) is 43.7 Å². The highest BCUT2D eigenvalue weighted by Crippen LogP contribution is 2.40. The molecular formula is C53H58F2N6O6S3. The van der Waals surface area contributed by atoms with Crippen molar-refractivity contribution >= 4 is 30.1 Å². The van der Waals surface area contributed by atoms with Crippen molar-refractivity contribution in [2.75, 3.05) is 0 Å². The first-order valence-corrected chi connectivity index (χ1v) is 28.2. The second kappa shape index (κ2) is 19.0. The molecule has 0 saturated carbocycles. The molecule has 0 fully saturated rings. The molecule has 368 valence electrons. The number of nitrogens with zero attached hydrogens (tertiary/aromatic N) is 5. The van der Waals surface area contributed by atoms with Crippen LogP contribution >= 0.6 is 0 Å². The zero-order valence-corrected chi connectivity index (χ0v) is 42.7. The van der Waals surface area contributed by atoms with Crippen molar-refractivity contribution in [3.05, 3.63) is 160 Å². The van der Waals surface area contributed by atoms with Gasteiger partial charge in [-0.1, -0.05) is 54.6 Å². The molecule has 5 atom stereocenters. The largest absolute Gasteiger partial charge is 0.264 e. The number of benzene rings is 3. The highest BCUT2D eigenvalue weighted by molar-refractivity contribution is 7.91. The van der Waals surface area contributed by atoms with Gasteiger partial charge in [-0.05, 0) is 167 Å². The predicted molar refractivity (Wildman–Crippen MR) is 269 cm³/mol. The third-order valence-corrected chi connectivity index (χ3v) is 20.7. The van der Waals surface area contributed by atoms with Gasteiger partial charge in [0.15, 0.2) is 0 Å². The molecular weight excluding hydrogens is 951 g/mol. The Balaban J connectivity index is 1.13. The van der Waals surface area contributed by atoms with E-state index in [0.717, 1.165) is 56.3 Å². The number of nitrogens with one attached hydrogen (secondary N) is 1. The first-order valence-electron chi connectivity index (χ1n) is 23.7. The predicted octanol–water partition coefficient (Wildman–Crippen LogP) is 8.28.